The van der Waals surface area contributed by atoms with Gasteiger partial charge in [-0.2, -0.15) is 0 Å². The van der Waals surface area contributed by atoms with Gasteiger partial charge in [0, 0.05) is 11.6 Å². The molecule has 0 saturated heterocycles. The van der Waals surface area contributed by atoms with Crippen molar-refractivity contribution >= 4 is 10.9 Å². The number of aryl methyl sites for hydroxylation is 1. The van der Waals surface area contributed by atoms with Crippen LogP contribution in [0.25, 0.3) is 28.0 Å². The Balaban J connectivity index is 2.10. The van der Waals surface area contributed by atoms with Crippen LogP contribution in [-0.2, 0) is 0 Å². The van der Waals surface area contributed by atoms with Crippen molar-refractivity contribution in [3.63, 3.8) is 0 Å². The third-order valence-electron chi connectivity index (χ3n) is 4.12. The summed E-state index contributed by atoms with van der Waals surface area (Å²) in [5.41, 5.74) is 4.29. The molecule has 0 atom stereocenters. The van der Waals surface area contributed by atoms with Gasteiger partial charge in [-0.1, -0.05) is 24.3 Å². The van der Waals surface area contributed by atoms with Crippen LogP contribution in [0.15, 0.2) is 72.9 Å². The lowest BCUT2D eigenvalue weighted by Crippen LogP contribution is -1.99. The van der Waals surface area contributed by atoms with E-state index in [1.165, 1.54) is 17.5 Å². The molecule has 0 unspecified atom stereocenters. The van der Waals surface area contributed by atoms with Gasteiger partial charge in [-0.05, 0) is 60.5 Å². The number of pyridine rings is 1. The Morgan fingerprint density at radius 1 is 0.870 bits per heavy atom. The molecule has 0 spiro atoms. The third kappa shape index (κ3) is 2.21. The van der Waals surface area contributed by atoms with Crippen molar-refractivity contribution in [3.05, 3.63) is 84.3 Å². The van der Waals surface area contributed by atoms with Crippen LogP contribution in [0.2, 0.25) is 0 Å². The summed E-state index contributed by atoms with van der Waals surface area (Å²) < 4.78 is 15.4. The fraction of sp³-hybridized carbons (Fsp3) is 0.0500. The second-order valence-corrected chi connectivity index (χ2v) is 5.52. The number of rotatable bonds is 2. The van der Waals surface area contributed by atoms with Crippen molar-refractivity contribution in [1.29, 1.82) is 0 Å². The second kappa shape index (κ2) is 5.36. The summed E-state index contributed by atoms with van der Waals surface area (Å²) in [7, 11) is 0. The average Bonchev–Trinajstić information content (AvgIpc) is 2.90. The first kappa shape index (κ1) is 13.7. The Morgan fingerprint density at radius 3 is 2.35 bits per heavy atom. The fourth-order valence-electron chi connectivity index (χ4n) is 3.08. The largest absolute Gasteiger partial charge is 0.294 e. The van der Waals surface area contributed by atoms with E-state index < -0.39 is 0 Å². The zero-order valence-electron chi connectivity index (χ0n) is 12.7. The van der Waals surface area contributed by atoms with Crippen molar-refractivity contribution in [1.82, 2.24) is 9.55 Å². The van der Waals surface area contributed by atoms with Crippen LogP contribution < -0.4 is 0 Å². The normalized spacial score (nSPS) is 11.0. The van der Waals surface area contributed by atoms with Crippen LogP contribution in [0, 0.1) is 12.7 Å². The Hall–Kier alpha value is -2.94. The molecule has 0 amide bonds. The lowest BCUT2D eigenvalue weighted by Gasteiger charge is -2.11. The van der Waals surface area contributed by atoms with Crippen molar-refractivity contribution in [2.24, 2.45) is 0 Å². The molecule has 2 heterocycles. The molecule has 4 aromatic rings. The Bertz CT molecular complexity index is 970. The van der Waals surface area contributed by atoms with Crippen molar-refractivity contribution in [2.45, 2.75) is 6.92 Å². The van der Waals surface area contributed by atoms with Crippen LogP contribution in [0.5, 0.6) is 0 Å². The highest BCUT2D eigenvalue weighted by Crippen LogP contribution is 2.35. The molecular weight excluding hydrogens is 287 g/mol. The first-order valence-electron chi connectivity index (χ1n) is 7.53. The van der Waals surface area contributed by atoms with Gasteiger partial charge < -0.3 is 0 Å². The molecule has 23 heavy (non-hydrogen) atoms. The number of hydrogen-bond donors (Lipinski definition) is 0. The molecule has 0 saturated carbocycles. The fourth-order valence-corrected chi connectivity index (χ4v) is 3.08. The zero-order valence-corrected chi connectivity index (χ0v) is 12.7. The zero-order chi connectivity index (χ0) is 15.8. The van der Waals surface area contributed by atoms with Gasteiger partial charge in [0.1, 0.15) is 11.6 Å². The van der Waals surface area contributed by atoms with Crippen molar-refractivity contribution in [3.8, 4) is 17.1 Å². The van der Waals surface area contributed by atoms with Crippen molar-refractivity contribution < 1.29 is 4.39 Å². The number of halogens is 1. The molecule has 4 rings (SSSR count). The van der Waals surface area contributed by atoms with Gasteiger partial charge in [-0.25, -0.2) is 9.37 Å². The van der Waals surface area contributed by atoms with Gasteiger partial charge in [-0.3, -0.25) is 4.57 Å². The Morgan fingerprint density at radius 2 is 1.61 bits per heavy atom. The van der Waals surface area contributed by atoms with E-state index in [0.29, 0.717) is 0 Å². The second-order valence-electron chi connectivity index (χ2n) is 5.52. The lowest BCUT2D eigenvalue weighted by atomic mass is 10.1. The van der Waals surface area contributed by atoms with Gasteiger partial charge in [-0.15, -0.1) is 0 Å². The van der Waals surface area contributed by atoms with Gasteiger partial charge in [0.05, 0.1) is 11.2 Å². The molecular formula is C20H15FN2. The lowest BCUT2D eigenvalue weighted by molar-refractivity contribution is 0.628. The molecule has 0 aliphatic carbocycles. The summed E-state index contributed by atoms with van der Waals surface area (Å²) in [6.07, 6.45) is 1.79. The first-order valence-corrected chi connectivity index (χ1v) is 7.53. The maximum Gasteiger partial charge on any atom is 0.137 e. The molecule has 0 fully saturated rings. The van der Waals surface area contributed by atoms with Gasteiger partial charge in [0.15, 0.2) is 0 Å². The predicted molar refractivity (Wildman–Crippen MR) is 91.2 cm³/mol. The van der Waals surface area contributed by atoms with E-state index in [1.54, 1.807) is 6.20 Å². The Labute approximate surface area is 133 Å². The highest BCUT2D eigenvalue weighted by atomic mass is 19.1. The van der Waals surface area contributed by atoms with Crippen LogP contribution in [0.4, 0.5) is 4.39 Å². The highest BCUT2D eigenvalue weighted by molar-refractivity contribution is 5.93. The third-order valence-corrected chi connectivity index (χ3v) is 4.12. The molecule has 2 aromatic heterocycles. The summed E-state index contributed by atoms with van der Waals surface area (Å²) in [5.74, 6) is 0.628. The monoisotopic (exact) mass is 302 g/mol. The topological polar surface area (TPSA) is 17.8 Å². The van der Waals surface area contributed by atoms with Crippen molar-refractivity contribution in [2.75, 3.05) is 0 Å². The van der Waals surface area contributed by atoms with E-state index in [9.17, 15) is 4.39 Å². The van der Waals surface area contributed by atoms with Crippen LogP contribution in [0.1, 0.15) is 5.56 Å². The molecule has 2 nitrogen and oxygen atoms in total. The van der Waals surface area contributed by atoms with Gasteiger partial charge in [0.2, 0.25) is 0 Å². The molecule has 0 radical (unpaired) electrons. The number of nitrogens with zero attached hydrogens (tertiary/aromatic N) is 2. The number of hydrogen-bond acceptors (Lipinski definition) is 1. The summed E-state index contributed by atoms with van der Waals surface area (Å²) >= 11 is 0. The van der Waals surface area contributed by atoms with Gasteiger partial charge >= 0.3 is 0 Å². The predicted octanol–water partition coefficient (Wildman–Crippen LogP) is 5.14. The van der Waals surface area contributed by atoms with E-state index in [0.717, 1.165) is 28.2 Å². The Kier molecular flexibility index (Phi) is 3.19. The molecule has 0 aliphatic heterocycles. The van der Waals surface area contributed by atoms with E-state index in [1.807, 2.05) is 42.5 Å². The van der Waals surface area contributed by atoms with Crippen LogP contribution in [0.3, 0.4) is 0 Å². The van der Waals surface area contributed by atoms with Crippen LogP contribution in [-0.4, -0.2) is 9.55 Å². The minimum absolute atomic E-state index is 0.230. The SMILES string of the molecule is Cc1c(-c2ccc(F)cc2)n(-c2ccccn2)c2ccccc12. The molecule has 112 valence electrons. The van der Waals surface area contributed by atoms with E-state index in [2.05, 4.69) is 28.6 Å². The van der Waals surface area contributed by atoms with Crippen LogP contribution >= 0.6 is 0 Å². The number of fused-ring (bicyclic) bond motifs is 1. The van der Waals surface area contributed by atoms with Gasteiger partial charge in [0.25, 0.3) is 0 Å². The smallest absolute Gasteiger partial charge is 0.137 e. The number of para-hydroxylation sites is 1. The highest BCUT2D eigenvalue weighted by Gasteiger charge is 2.17. The first-order chi connectivity index (χ1) is 11.3. The number of benzene rings is 2. The summed E-state index contributed by atoms with van der Waals surface area (Å²) in [5, 5.41) is 1.18. The summed E-state index contributed by atoms with van der Waals surface area (Å²) in [6, 6.07) is 20.7. The quantitative estimate of drug-likeness (QED) is 0.501. The average molecular weight is 302 g/mol. The maximum absolute atomic E-state index is 13.3. The van der Waals surface area contributed by atoms with E-state index in [-0.39, 0.29) is 5.82 Å². The molecule has 0 bridgehead atoms. The summed E-state index contributed by atoms with van der Waals surface area (Å²) in [4.78, 5) is 4.51. The molecule has 0 N–H and O–H groups in total. The minimum Gasteiger partial charge on any atom is -0.294 e. The van der Waals surface area contributed by atoms with E-state index in [4.69, 9.17) is 0 Å². The minimum atomic E-state index is -0.230. The molecule has 2 aromatic carbocycles. The van der Waals surface area contributed by atoms with E-state index >= 15 is 0 Å². The molecule has 0 aliphatic rings. The maximum atomic E-state index is 13.3. The number of aromatic nitrogens is 2. The standard InChI is InChI=1S/C20H15FN2/c1-14-17-6-2-3-7-18(17)23(19-8-4-5-13-22-19)20(14)15-9-11-16(21)12-10-15/h2-13H,1H3. The summed E-state index contributed by atoms with van der Waals surface area (Å²) in [6.45, 7) is 2.10. The molecule has 3 heteroatoms.